The lowest BCUT2D eigenvalue weighted by Crippen LogP contribution is -2.48. The first-order chi connectivity index (χ1) is 15.2. The summed E-state index contributed by atoms with van der Waals surface area (Å²) in [6, 6.07) is 10.3. The lowest BCUT2D eigenvalue weighted by Gasteiger charge is -2.35. The smallest absolute Gasteiger partial charge is 0.416 e. The van der Waals surface area contributed by atoms with Crippen LogP contribution < -0.4 is 10.2 Å². The molecule has 32 heavy (non-hydrogen) atoms. The van der Waals surface area contributed by atoms with E-state index in [1.165, 1.54) is 12.1 Å². The van der Waals surface area contributed by atoms with E-state index in [0.29, 0.717) is 47.3 Å². The summed E-state index contributed by atoms with van der Waals surface area (Å²) in [6.07, 6.45) is -4.35. The summed E-state index contributed by atoms with van der Waals surface area (Å²) in [4.78, 5) is 20.5. The van der Waals surface area contributed by atoms with Crippen molar-refractivity contribution in [3.8, 4) is 6.07 Å². The predicted molar refractivity (Wildman–Crippen MR) is 115 cm³/mol. The van der Waals surface area contributed by atoms with Crippen molar-refractivity contribution in [2.75, 3.05) is 42.9 Å². The molecule has 0 radical (unpaired) electrons. The Morgan fingerprint density at radius 3 is 2.50 bits per heavy atom. The second kappa shape index (κ2) is 8.80. The molecule has 166 valence electrons. The van der Waals surface area contributed by atoms with Gasteiger partial charge in [0, 0.05) is 31.9 Å². The molecule has 0 aliphatic carbocycles. The Kier molecular flexibility index (Phi) is 6.08. The number of nitrogens with zero attached hydrogens (tertiary/aromatic N) is 4. The van der Waals surface area contributed by atoms with Crippen molar-refractivity contribution in [3.63, 3.8) is 0 Å². The van der Waals surface area contributed by atoms with Gasteiger partial charge in [-0.3, -0.25) is 15.0 Å². The molecule has 4 rings (SSSR count). The molecule has 1 aromatic heterocycles. The predicted octanol–water partition coefficient (Wildman–Crippen LogP) is 4.24. The van der Waals surface area contributed by atoms with Crippen molar-refractivity contribution in [2.45, 2.75) is 6.18 Å². The van der Waals surface area contributed by atoms with E-state index in [0.717, 1.165) is 17.8 Å². The highest BCUT2D eigenvalue weighted by atomic mass is 79.9. The van der Waals surface area contributed by atoms with Crippen molar-refractivity contribution in [1.29, 1.82) is 5.26 Å². The fourth-order valence-corrected chi connectivity index (χ4v) is 4.03. The van der Waals surface area contributed by atoms with E-state index < -0.39 is 11.7 Å². The molecule has 0 spiro atoms. The largest absolute Gasteiger partial charge is 0.422 e. The Bertz CT molecular complexity index is 1180. The summed E-state index contributed by atoms with van der Waals surface area (Å²) < 4.78 is 44.3. The molecule has 0 unspecified atom stereocenters. The van der Waals surface area contributed by atoms with Crippen molar-refractivity contribution in [3.05, 3.63) is 52.0 Å². The Labute approximate surface area is 189 Å². The maximum atomic E-state index is 12.7. The van der Waals surface area contributed by atoms with Crippen molar-refractivity contribution < 1.29 is 22.4 Å². The van der Waals surface area contributed by atoms with Crippen LogP contribution in [0.25, 0.3) is 11.1 Å². The number of amides is 1. The molecule has 0 saturated carbocycles. The molecule has 1 aliphatic heterocycles. The Balaban J connectivity index is 1.31. The molecule has 7 nitrogen and oxygen atoms in total. The van der Waals surface area contributed by atoms with Gasteiger partial charge in [-0.15, -0.1) is 0 Å². The summed E-state index contributed by atoms with van der Waals surface area (Å²) in [7, 11) is 0. The molecule has 11 heteroatoms. The molecule has 1 amide bonds. The van der Waals surface area contributed by atoms with Crippen LogP contribution in [0.1, 0.15) is 11.1 Å². The lowest BCUT2D eigenvalue weighted by molar-refractivity contribution is -0.137. The maximum Gasteiger partial charge on any atom is 0.416 e. The number of hydrogen-bond acceptors (Lipinski definition) is 6. The van der Waals surface area contributed by atoms with Crippen LogP contribution in [0.4, 0.5) is 24.9 Å². The SMILES string of the molecule is N#Cc1cc(Br)c2oc(NC(=O)CN3CCN(c4ccc(C(F)(F)F)cc4)CC3)nc2c1. The van der Waals surface area contributed by atoms with Crippen LogP contribution in [0.3, 0.4) is 0 Å². The summed E-state index contributed by atoms with van der Waals surface area (Å²) in [5.74, 6) is -0.295. The summed E-state index contributed by atoms with van der Waals surface area (Å²) in [5.41, 5.74) is 1.35. The van der Waals surface area contributed by atoms with E-state index in [1.807, 2.05) is 15.9 Å². The Morgan fingerprint density at radius 1 is 1.19 bits per heavy atom. The average molecular weight is 508 g/mol. The topological polar surface area (TPSA) is 85.4 Å². The molecule has 2 heterocycles. The third-order valence-corrected chi connectivity index (χ3v) is 5.71. The van der Waals surface area contributed by atoms with Crippen LogP contribution in [-0.2, 0) is 11.0 Å². The van der Waals surface area contributed by atoms with Gasteiger partial charge in [-0.1, -0.05) is 0 Å². The zero-order chi connectivity index (χ0) is 22.9. The number of carbonyl (C=O) groups excluding carboxylic acids is 1. The highest BCUT2D eigenvalue weighted by molar-refractivity contribution is 9.10. The van der Waals surface area contributed by atoms with Crippen LogP contribution in [0.5, 0.6) is 0 Å². The third-order valence-electron chi connectivity index (χ3n) is 5.12. The average Bonchev–Trinajstić information content (AvgIpc) is 3.16. The van der Waals surface area contributed by atoms with Gasteiger partial charge >= 0.3 is 12.2 Å². The molecule has 1 N–H and O–H groups in total. The minimum absolute atomic E-state index is 0.0455. The molecule has 1 aliphatic rings. The van der Waals surface area contributed by atoms with E-state index >= 15 is 0 Å². The number of oxazole rings is 1. The zero-order valence-corrected chi connectivity index (χ0v) is 18.2. The normalized spacial score (nSPS) is 15.0. The van der Waals surface area contributed by atoms with Crippen LogP contribution in [0, 0.1) is 11.3 Å². The number of rotatable bonds is 4. The van der Waals surface area contributed by atoms with Gasteiger partial charge in [0.15, 0.2) is 5.58 Å². The van der Waals surface area contributed by atoms with Crippen molar-refractivity contribution in [2.24, 2.45) is 0 Å². The highest BCUT2D eigenvalue weighted by Crippen LogP contribution is 2.31. The number of benzene rings is 2. The van der Waals surface area contributed by atoms with Gasteiger partial charge in [0.1, 0.15) is 5.52 Å². The van der Waals surface area contributed by atoms with Gasteiger partial charge in [-0.05, 0) is 52.3 Å². The van der Waals surface area contributed by atoms with E-state index in [9.17, 15) is 18.0 Å². The van der Waals surface area contributed by atoms with Gasteiger partial charge in [0.25, 0.3) is 0 Å². The van der Waals surface area contributed by atoms with Gasteiger partial charge in [0.2, 0.25) is 5.91 Å². The molecule has 0 bridgehead atoms. The quantitative estimate of drug-likeness (QED) is 0.568. The monoisotopic (exact) mass is 507 g/mol. The standard InChI is InChI=1S/C21H17BrF3N5O2/c22-16-9-13(11-26)10-17-19(16)32-20(27-17)28-18(31)12-29-5-7-30(8-6-29)15-3-1-14(2-4-15)21(23,24)25/h1-4,9-10H,5-8,12H2,(H,27,28,31). The number of anilines is 2. The lowest BCUT2D eigenvalue weighted by atomic mass is 10.1. The second-order valence-corrected chi connectivity index (χ2v) is 8.15. The molecule has 0 atom stereocenters. The molecular weight excluding hydrogens is 491 g/mol. The molecule has 3 aromatic rings. The number of carbonyl (C=O) groups is 1. The van der Waals surface area contributed by atoms with Crippen LogP contribution in [-0.4, -0.2) is 48.5 Å². The number of nitriles is 1. The maximum absolute atomic E-state index is 12.7. The van der Waals surface area contributed by atoms with Crippen LogP contribution in [0.2, 0.25) is 0 Å². The first-order valence-corrected chi connectivity index (χ1v) is 10.5. The molecule has 2 aromatic carbocycles. The van der Waals surface area contributed by atoms with E-state index in [1.54, 1.807) is 12.1 Å². The summed E-state index contributed by atoms with van der Waals surface area (Å²) >= 11 is 3.32. The number of fused-ring (bicyclic) bond motifs is 1. The van der Waals surface area contributed by atoms with E-state index in [2.05, 4.69) is 26.2 Å². The summed E-state index contributed by atoms with van der Waals surface area (Å²) in [5, 5.41) is 11.7. The van der Waals surface area contributed by atoms with E-state index in [4.69, 9.17) is 9.68 Å². The number of aromatic nitrogens is 1. The van der Waals surface area contributed by atoms with Crippen LogP contribution >= 0.6 is 15.9 Å². The molecule has 1 saturated heterocycles. The first kappa shape index (κ1) is 22.1. The fraction of sp³-hybridized carbons (Fsp3) is 0.286. The number of halogens is 4. The second-order valence-electron chi connectivity index (χ2n) is 7.29. The number of nitrogens with one attached hydrogen (secondary N) is 1. The number of alkyl halides is 3. The molecule has 1 fully saturated rings. The minimum atomic E-state index is -4.35. The van der Waals surface area contributed by atoms with Crippen molar-refractivity contribution >= 4 is 44.6 Å². The Morgan fingerprint density at radius 2 is 1.88 bits per heavy atom. The van der Waals surface area contributed by atoms with E-state index in [-0.39, 0.29) is 18.5 Å². The minimum Gasteiger partial charge on any atom is -0.422 e. The number of piperazine rings is 1. The van der Waals surface area contributed by atoms with Gasteiger partial charge in [-0.25, -0.2) is 0 Å². The van der Waals surface area contributed by atoms with Crippen LogP contribution in [0.15, 0.2) is 45.3 Å². The van der Waals surface area contributed by atoms with Gasteiger partial charge in [0.05, 0.1) is 28.2 Å². The summed E-state index contributed by atoms with van der Waals surface area (Å²) in [6.45, 7) is 2.47. The third kappa shape index (κ3) is 4.87. The molecular formula is C21H17BrF3N5O2. The zero-order valence-electron chi connectivity index (χ0n) is 16.6. The number of hydrogen-bond donors (Lipinski definition) is 1. The first-order valence-electron chi connectivity index (χ1n) is 9.67. The van der Waals surface area contributed by atoms with Crippen molar-refractivity contribution in [1.82, 2.24) is 9.88 Å². The van der Waals surface area contributed by atoms with Gasteiger partial charge in [-0.2, -0.15) is 23.4 Å². The highest BCUT2D eigenvalue weighted by Gasteiger charge is 2.30. The fourth-order valence-electron chi connectivity index (χ4n) is 3.50. The van der Waals surface area contributed by atoms with Gasteiger partial charge < -0.3 is 9.32 Å². The Hall–Kier alpha value is -3.10.